The molecule has 0 aliphatic carbocycles. The van der Waals surface area contributed by atoms with Crippen LogP contribution in [0.4, 0.5) is 5.82 Å². The van der Waals surface area contributed by atoms with Crippen LogP contribution in [0.25, 0.3) is 0 Å². The van der Waals surface area contributed by atoms with E-state index in [4.69, 9.17) is 21.7 Å². The fourth-order valence-corrected chi connectivity index (χ4v) is 1.17. The van der Waals surface area contributed by atoms with Crippen molar-refractivity contribution in [1.82, 2.24) is 4.98 Å². The molecule has 1 aromatic heterocycles. The standard InChI is InChI=1S/C9H13N3O3/c10-7(2-8(14)15)5-1-6(4-13)9(11)12-3-5/h1,3,7,13H,2,4,10H2,(H2,11,12)(H,14,15)/t7-/m1/s1. The highest BCUT2D eigenvalue weighted by molar-refractivity contribution is 5.67. The molecule has 0 fully saturated rings. The predicted molar refractivity (Wildman–Crippen MR) is 53.8 cm³/mol. The van der Waals surface area contributed by atoms with Gasteiger partial charge in [0.15, 0.2) is 0 Å². The van der Waals surface area contributed by atoms with Crippen molar-refractivity contribution < 1.29 is 15.0 Å². The first kappa shape index (κ1) is 11.4. The van der Waals surface area contributed by atoms with Crippen LogP contribution in [0.15, 0.2) is 12.3 Å². The van der Waals surface area contributed by atoms with E-state index in [1.165, 1.54) is 6.20 Å². The minimum atomic E-state index is -0.982. The van der Waals surface area contributed by atoms with Crippen LogP contribution in [0.5, 0.6) is 0 Å². The maximum absolute atomic E-state index is 10.4. The first-order valence-corrected chi connectivity index (χ1v) is 4.37. The van der Waals surface area contributed by atoms with E-state index in [0.29, 0.717) is 11.1 Å². The zero-order valence-corrected chi connectivity index (χ0v) is 8.05. The largest absolute Gasteiger partial charge is 0.481 e. The minimum Gasteiger partial charge on any atom is -0.481 e. The van der Waals surface area contributed by atoms with E-state index >= 15 is 0 Å². The second kappa shape index (κ2) is 4.72. The van der Waals surface area contributed by atoms with Gasteiger partial charge in [0.2, 0.25) is 0 Å². The number of rotatable bonds is 4. The van der Waals surface area contributed by atoms with E-state index < -0.39 is 12.0 Å². The molecule has 6 N–H and O–H groups in total. The third-order valence-electron chi connectivity index (χ3n) is 2.02. The number of nitrogens with zero attached hydrogens (tertiary/aromatic N) is 1. The second-order valence-corrected chi connectivity index (χ2v) is 3.18. The lowest BCUT2D eigenvalue weighted by atomic mass is 10.0. The van der Waals surface area contributed by atoms with Crippen LogP contribution in [-0.2, 0) is 11.4 Å². The summed E-state index contributed by atoms with van der Waals surface area (Å²) in [6.45, 7) is -0.244. The average molecular weight is 211 g/mol. The van der Waals surface area contributed by atoms with Crippen molar-refractivity contribution in [2.45, 2.75) is 19.1 Å². The smallest absolute Gasteiger partial charge is 0.305 e. The number of nitrogen functional groups attached to an aromatic ring is 1. The van der Waals surface area contributed by atoms with Crippen LogP contribution < -0.4 is 11.5 Å². The third kappa shape index (κ3) is 2.90. The van der Waals surface area contributed by atoms with E-state index in [1.54, 1.807) is 6.07 Å². The molecule has 6 heteroatoms. The number of carbonyl (C=O) groups is 1. The number of nitrogens with two attached hydrogens (primary N) is 2. The molecule has 1 rings (SSSR count). The summed E-state index contributed by atoms with van der Waals surface area (Å²) in [6, 6.07) is 0.927. The van der Waals surface area contributed by atoms with Gasteiger partial charge in [0.25, 0.3) is 0 Å². The van der Waals surface area contributed by atoms with Gasteiger partial charge in [0.05, 0.1) is 13.0 Å². The number of carboxylic acids is 1. The highest BCUT2D eigenvalue weighted by Gasteiger charge is 2.12. The first-order chi connectivity index (χ1) is 7.04. The Balaban J connectivity index is 2.90. The Kier molecular flexibility index (Phi) is 3.59. The van der Waals surface area contributed by atoms with Crippen molar-refractivity contribution in [2.24, 2.45) is 5.73 Å². The van der Waals surface area contributed by atoms with E-state index in [0.717, 1.165) is 0 Å². The van der Waals surface area contributed by atoms with E-state index in [1.807, 2.05) is 0 Å². The van der Waals surface area contributed by atoms with Crippen molar-refractivity contribution in [2.75, 3.05) is 5.73 Å². The Morgan fingerprint density at radius 3 is 2.80 bits per heavy atom. The van der Waals surface area contributed by atoms with Gasteiger partial charge in [0, 0.05) is 17.8 Å². The Hall–Kier alpha value is -1.66. The summed E-state index contributed by atoms with van der Waals surface area (Å²) in [7, 11) is 0. The summed E-state index contributed by atoms with van der Waals surface area (Å²) >= 11 is 0. The number of hydrogen-bond acceptors (Lipinski definition) is 5. The Bertz CT molecular complexity index is 368. The predicted octanol–water partition coefficient (Wildman–Crippen LogP) is -0.369. The molecule has 0 unspecified atom stereocenters. The molecule has 1 heterocycles. The molecule has 15 heavy (non-hydrogen) atoms. The van der Waals surface area contributed by atoms with Crippen LogP contribution in [0, 0.1) is 0 Å². The zero-order valence-electron chi connectivity index (χ0n) is 8.05. The van der Waals surface area contributed by atoms with Gasteiger partial charge < -0.3 is 21.7 Å². The summed E-state index contributed by atoms with van der Waals surface area (Å²) < 4.78 is 0. The molecule has 0 bridgehead atoms. The van der Waals surface area contributed by atoms with Crippen LogP contribution in [0.3, 0.4) is 0 Å². The molecule has 0 radical (unpaired) electrons. The number of aliphatic hydroxyl groups is 1. The number of aromatic nitrogens is 1. The number of hydrogen-bond donors (Lipinski definition) is 4. The quantitative estimate of drug-likeness (QED) is 0.539. The normalized spacial score (nSPS) is 12.4. The van der Waals surface area contributed by atoms with Gasteiger partial charge in [-0.25, -0.2) is 4.98 Å². The van der Waals surface area contributed by atoms with Gasteiger partial charge in [-0.2, -0.15) is 0 Å². The molecule has 0 amide bonds. The number of aliphatic carboxylic acids is 1. The Labute approximate surface area is 86.5 Å². The van der Waals surface area contributed by atoms with Crippen molar-refractivity contribution in [3.05, 3.63) is 23.4 Å². The number of aliphatic hydroxyl groups excluding tert-OH is 1. The van der Waals surface area contributed by atoms with Gasteiger partial charge in [-0.15, -0.1) is 0 Å². The van der Waals surface area contributed by atoms with Gasteiger partial charge in [-0.05, 0) is 11.6 Å². The van der Waals surface area contributed by atoms with Crippen LogP contribution in [-0.4, -0.2) is 21.2 Å². The van der Waals surface area contributed by atoms with Gasteiger partial charge in [-0.1, -0.05) is 0 Å². The van der Waals surface area contributed by atoms with Crippen LogP contribution in [0.2, 0.25) is 0 Å². The van der Waals surface area contributed by atoms with E-state index in [-0.39, 0.29) is 18.8 Å². The number of anilines is 1. The van der Waals surface area contributed by atoms with Crippen molar-refractivity contribution in [1.29, 1.82) is 0 Å². The average Bonchev–Trinajstić information content (AvgIpc) is 2.17. The second-order valence-electron chi connectivity index (χ2n) is 3.18. The Morgan fingerprint density at radius 2 is 2.27 bits per heavy atom. The first-order valence-electron chi connectivity index (χ1n) is 4.37. The van der Waals surface area contributed by atoms with Gasteiger partial charge in [-0.3, -0.25) is 4.79 Å². The zero-order chi connectivity index (χ0) is 11.4. The molecule has 0 aromatic carbocycles. The molecule has 0 aliphatic heterocycles. The van der Waals surface area contributed by atoms with Crippen molar-refractivity contribution in [3.8, 4) is 0 Å². The molecule has 6 nitrogen and oxygen atoms in total. The highest BCUT2D eigenvalue weighted by atomic mass is 16.4. The Morgan fingerprint density at radius 1 is 1.60 bits per heavy atom. The number of carboxylic acid groups (broad SMARTS) is 1. The van der Waals surface area contributed by atoms with Crippen molar-refractivity contribution >= 4 is 11.8 Å². The van der Waals surface area contributed by atoms with Crippen LogP contribution >= 0.6 is 0 Å². The molecule has 0 spiro atoms. The van der Waals surface area contributed by atoms with Crippen molar-refractivity contribution in [3.63, 3.8) is 0 Å². The summed E-state index contributed by atoms with van der Waals surface area (Å²) in [5, 5.41) is 17.5. The summed E-state index contributed by atoms with van der Waals surface area (Å²) in [6.07, 6.45) is 1.23. The topological polar surface area (TPSA) is 122 Å². The maximum atomic E-state index is 10.4. The lowest BCUT2D eigenvalue weighted by Gasteiger charge is -2.10. The van der Waals surface area contributed by atoms with E-state index in [9.17, 15) is 4.79 Å². The number of pyridine rings is 1. The minimum absolute atomic E-state index is 0.184. The molecule has 82 valence electrons. The molecular weight excluding hydrogens is 198 g/mol. The van der Waals surface area contributed by atoms with Crippen LogP contribution in [0.1, 0.15) is 23.6 Å². The summed E-state index contributed by atoms with van der Waals surface area (Å²) in [4.78, 5) is 14.3. The summed E-state index contributed by atoms with van der Waals surface area (Å²) in [5.41, 5.74) is 12.1. The molecule has 1 atom stereocenters. The van der Waals surface area contributed by atoms with Gasteiger partial charge >= 0.3 is 5.97 Å². The molecule has 1 aromatic rings. The molecule has 0 aliphatic rings. The van der Waals surface area contributed by atoms with Gasteiger partial charge in [0.1, 0.15) is 5.82 Å². The highest BCUT2D eigenvalue weighted by Crippen LogP contribution is 2.17. The third-order valence-corrected chi connectivity index (χ3v) is 2.02. The fraction of sp³-hybridized carbons (Fsp3) is 0.333. The lowest BCUT2D eigenvalue weighted by Crippen LogP contribution is -2.16. The van der Waals surface area contributed by atoms with E-state index in [2.05, 4.69) is 4.98 Å². The molecule has 0 saturated carbocycles. The molecule has 0 saturated heterocycles. The lowest BCUT2D eigenvalue weighted by molar-refractivity contribution is -0.137. The summed E-state index contributed by atoms with van der Waals surface area (Å²) in [5.74, 6) is -0.756. The fourth-order valence-electron chi connectivity index (χ4n) is 1.17. The SMILES string of the molecule is Nc1ncc([C@H](N)CC(=O)O)cc1CO. The molecular formula is C9H13N3O3. The monoisotopic (exact) mass is 211 g/mol. The maximum Gasteiger partial charge on any atom is 0.305 e.